The molecule has 1 heterocycles. The number of benzene rings is 1. The molecule has 0 spiro atoms. The SMILES string of the molecule is CC1=Nc2ccc(S(=O)(=O)O)cc2C1(C)CCCS(=O)(=O)O.[KH].[KH]. The second-order valence-electron chi connectivity index (χ2n) is 5.57. The van der Waals surface area contributed by atoms with Crippen molar-refractivity contribution in [3.05, 3.63) is 23.8 Å². The van der Waals surface area contributed by atoms with Gasteiger partial charge in [0.25, 0.3) is 20.2 Å². The topological polar surface area (TPSA) is 121 Å². The third kappa shape index (κ3) is 6.26. The van der Waals surface area contributed by atoms with Gasteiger partial charge in [-0.25, -0.2) is 0 Å². The van der Waals surface area contributed by atoms with Crippen molar-refractivity contribution in [2.75, 3.05) is 5.75 Å². The fraction of sp³-hybridized carbons (Fsp3) is 0.462. The van der Waals surface area contributed by atoms with E-state index in [9.17, 15) is 16.8 Å². The van der Waals surface area contributed by atoms with Crippen LogP contribution in [-0.4, -0.2) is 140 Å². The molecule has 0 amide bonds. The Hall–Kier alpha value is 1.98. The third-order valence-electron chi connectivity index (χ3n) is 4.03. The van der Waals surface area contributed by atoms with Crippen LogP contribution in [0.3, 0.4) is 0 Å². The van der Waals surface area contributed by atoms with Crippen LogP contribution in [-0.2, 0) is 25.7 Å². The zero-order chi connectivity index (χ0) is 16.8. The van der Waals surface area contributed by atoms with Gasteiger partial charge in [-0.3, -0.25) is 14.1 Å². The predicted octanol–water partition coefficient (Wildman–Crippen LogP) is 0.668. The van der Waals surface area contributed by atoms with Gasteiger partial charge in [0, 0.05) is 11.1 Å². The second kappa shape index (κ2) is 9.46. The Balaban J connectivity index is 0.00000264. The van der Waals surface area contributed by atoms with Crippen LogP contribution in [0, 0.1) is 0 Å². The average Bonchev–Trinajstić information content (AvgIpc) is 2.59. The molecule has 1 aliphatic rings. The standard InChI is InChI=1S/C13H17NO6S2.2K.2H/c1-9-13(2,6-3-7-21(15,16)17)11-8-10(22(18,19)20)4-5-12(11)14-9;;;;/h4-5,8H,3,6-7H2,1-2H3,(H,15,16,17)(H,18,19,20);;;;. The van der Waals surface area contributed by atoms with Gasteiger partial charge in [-0.15, -0.1) is 0 Å². The van der Waals surface area contributed by atoms with Crippen LogP contribution in [0.25, 0.3) is 0 Å². The molecule has 0 saturated carbocycles. The molecule has 0 saturated heterocycles. The number of hydrogen-bond donors (Lipinski definition) is 2. The normalized spacial score (nSPS) is 19.8. The van der Waals surface area contributed by atoms with Crippen LogP contribution in [0.4, 0.5) is 5.69 Å². The first-order chi connectivity index (χ1) is 9.93. The molecule has 2 rings (SSSR count). The summed E-state index contributed by atoms with van der Waals surface area (Å²) in [7, 11) is -8.37. The van der Waals surface area contributed by atoms with E-state index in [4.69, 9.17) is 9.11 Å². The summed E-state index contributed by atoms with van der Waals surface area (Å²) in [6.45, 7) is 3.61. The first-order valence-corrected chi connectivity index (χ1v) is 9.61. The quantitative estimate of drug-likeness (QED) is 0.526. The summed E-state index contributed by atoms with van der Waals surface area (Å²) in [5, 5.41) is 0. The fourth-order valence-corrected chi connectivity index (χ4v) is 3.65. The molecule has 1 aromatic rings. The van der Waals surface area contributed by atoms with E-state index in [-0.39, 0.29) is 120 Å². The van der Waals surface area contributed by atoms with Crippen molar-refractivity contribution in [3.8, 4) is 0 Å². The van der Waals surface area contributed by atoms with Crippen LogP contribution in [0.1, 0.15) is 32.3 Å². The van der Waals surface area contributed by atoms with Gasteiger partial charge in [0.15, 0.2) is 0 Å². The van der Waals surface area contributed by atoms with Crippen molar-refractivity contribution in [1.82, 2.24) is 0 Å². The van der Waals surface area contributed by atoms with E-state index < -0.39 is 25.7 Å². The fourth-order valence-electron chi connectivity index (χ4n) is 2.64. The van der Waals surface area contributed by atoms with E-state index in [1.54, 1.807) is 6.92 Å². The molecule has 0 fully saturated rings. The van der Waals surface area contributed by atoms with Crippen molar-refractivity contribution < 1.29 is 25.9 Å². The molecule has 0 bridgehead atoms. The molecule has 0 aliphatic carbocycles. The van der Waals surface area contributed by atoms with Gasteiger partial charge in [0.1, 0.15) is 0 Å². The molecule has 1 unspecified atom stereocenters. The summed E-state index contributed by atoms with van der Waals surface area (Å²) in [6.07, 6.45) is 0.585. The molecule has 7 nitrogen and oxygen atoms in total. The van der Waals surface area contributed by atoms with Crippen molar-refractivity contribution in [2.24, 2.45) is 4.99 Å². The van der Waals surface area contributed by atoms with Crippen molar-refractivity contribution in [2.45, 2.75) is 37.0 Å². The summed E-state index contributed by atoms with van der Waals surface area (Å²) in [4.78, 5) is 4.15. The maximum absolute atomic E-state index is 11.3. The first kappa shape index (κ1) is 26.0. The molecule has 126 valence electrons. The first-order valence-electron chi connectivity index (χ1n) is 6.56. The number of aliphatic imine (C=N–C) groups is 1. The zero-order valence-electron chi connectivity index (χ0n) is 12.1. The molecule has 0 aromatic heterocycles. The summed E-state index contributed by atoms with van der Waals surface area (Å²) in [5.41, 5.74) is 1.31. The number of fused-ring (bicyclic) bond motifs is 1. The Morgan fingerprint density at radius 3 is 2.21 bits per heavy atom. The summed E-state index contributed by atoms with van der Waals surface area (Å²) >= 11 is 0. The van der Waals surface area contributed by atoms with Gasteiger partial charge in [-0.2, -0.15) is 16.8 Å². The van der Waals surface area contributed by atoms with E-state index in [1.165, 1.54) is 18.2 Å². The minimum absolute atomic E-state index is 0. The molecule has 11 heteroatoms. The van der Waals surface area contributed by atoms with E-state index in [0.29, 0.717) is 17.7 Å². The van der Waals surface area contributed by atoms with Gasteiger partial charge in [-0.05, 0) is 43.5 Å². The zero-order valence-corrected chi connectivity index (χ0v) is 13.8. The van der Waals surface area contributed by atoms with Gasteiger partial charge < -0.3 is 0 Å². The van der Waals surface area contributed by atoms with Crippen LogP contribution in [0.5, 0.6) is 0 Å². The molecule has 2 N–H and O–H groups in total. The summed E-state index contributed by atoms with van der Waals surface area (Å²) in [5.74, 6) is -0.372. The molecule has 1 atom stereocenters. The molecule has 1 aromatic carbocycles. The maximum atomic E-state index is 11.3. The Morgan fingerprint density at radius 2 is 1.71 bits per heavy atom. The number of rotatable bonds is 5. The van der Waals surface area contributed by atoms with Gasteiger partial charge >= 0.3 is 103 Å². The van der Waals surface area contributed by atoms with Crippen molar-refractivity contribution in [1.29, 1.82) is 0 Å². The Labute approximate surface area is 227 Å². The van der Waals surface area contributed by atoms with E-state index in [1.807, 2.05) is 6.92 Å². The Morgan fingerprint density at radius 1 is 1.12 bits per heavy atom. The average molecular weight is 428 g/mol. The van der Waals surface area contributed by atoms with E-state index >= 15 is 0 Å². The van der Waals surface area contributed by atoms with Crippen LogP contribution in [0.2, 0.25) is 0 Å². The van der Waals surface area contributed by atoms with Gasteiger partial charge in [0.2, 0.25) is 0 Å². The monoisotopic (exact) mass is 427 g/mol. The van der Waals surface area contributed by atoms with E-state index in [0.717, 1.165) is 5.71 Å². The second-order valence-corrected chi connectivity index (χ2v) is 8.57. The van der Waals surface area contributed by atoms with Crippen LogP contribution < -0.4 is 0 Å². The van der Waals surface area contributed by atoms with Crippen LogP contribution in [0.15, 0.2) is 28.1 Å². The minimum atomic E-state index is -4.32. The molecule has 1 aliphatic heterocycles. The Bertz CT molecular complexity index is 851. The molecule has 0 radical (unpaired) electrons. The summed E-state index contributed by atoms with van der Waals surface area (Å²) < 4.78 is 62.2. The predicted molar refractivity (Wildman–Crippen MR) is 96.3 cm³/mol. The Kier molecular flexibility index (Phi) is 10.2. The van der Waals surface area contributed by atoms with Crippen LogP contribution >= 0.6 is 0 Å². The molecular formula is C13H19K2NO6S2. The number of nitrogens with zero attached hydrogens (tertiary/aromatic N) is 1. The molecular weight excluding hydrogens is 408 g/mol. The number of hydrogen-bond acceptors (Lipinski definition) is 5. The van der Waals surface area contributed by atoms with Gasteiger partial charge in [-0.1, -0.05) is 6.92 Å². The third-order valence-corrected chi connectivity index (χ3v) is 5.68. The molecule has 24 heavy (non-hydrogen) atoms. The van der Waals surface area contributed by atoms with Crippen molar-refractivity contribution in [3.63, 3.8) is 0 Å². The van der Waals surface area contributed by atoms with Crippen molar-refractivity contribution >= 4 is 134 Å². The summed E-state index contributed by atoms with van der Waals surface area (Å²) in [6, 6.07) is 4.14. The van der Waals surface area contributed by atoms with E-state index in [2.05, 4.69) is 4.99 Å². The van der Waals surface area contributed by atoms with Gasteiger partial charge in [0.05, 0.1) is 16.3 Å².